The topological polar surface area (TPSA) is 48.3 Å². The maximum atomic E-state index is 5.65. The van der Waals surface area contributed by atoms with Gasteiger partial charge in [-0.25, -0.2) is 4.98 Å². The van der Waals surface area contributed by atoms with E-state index in [0.717, 1.165) is 25.7 Å². The summed E-state index contributed by atoms with van der Waals surface area (Å²) in [6, 6.07) is 0.729. The van der Waals surface area contributed by atoms with Crippen molar-refractivity contribution in [2.24, 2.45) is 0 Å². The Morgan fingerprint density at radius 1 is 1.41 bits per heavy atom. The van der Waals surface area contributed by atoms with Crippen LogP contribution in [0.4, 0.5) is 0 Å². The molecule has 1 aromatic heterocycles. The second-order valence-electron chi connectivity index (χ2n) is 4.76. The number of rotatable bonds is 5. The van der Waals surface area contributed by atoms with E-state index in [1.807, 2.05) is 12.5 Å². The van der Waals surface area contributed by atoms with Gasteiger partial charge in [0.15, 0.2) is 0 Å². The predicted molar refractivity (Wildman–Crippen MR) is 62.6 cm³/mol. The van der Waals surface area contributed by atoms with Crippen LogP contribution < -0.4 is 5.32 Å². The van der Waals surface area contributed by atoms with Crippen molar-refractivity contribution in [2.45, 2.75) is 38.1 Å². The van der Waals surface area contributed by atoms with Crippen LogP contribution in [0.2, 0.25) is 0 Å². The SMILES string of the molecule is c1ncn(CC2COCCO2)c1CNC1CC1. The highest BCUT2D eigenvalue weighted by Gasteiger charge is 2.21. The van der Waals surface area contributed by atoms with E-state index in [1.54, 1.807) is 0 Å². The number of hydrogen-bond acceptors (Lipinski definition) is 4. The zero-order valence-corrected chi connectivity index (χ0v) is 9.97. The van der Waals surface area contributed by atoms with Gasteiger partial charge >= 0.3 is 0 Å². The van der Waals surface area contributed by atoms with Crippen molar-refractivity contribution in [3.8, 4) is 0 Å². The molecule has 1 N–H and O–H groups in total. The van der Waals surface area contributed by atoms with E-state index < -0.39 is 0 Å². The molecular formula is C12H19N3O2. The summed E-state index contributed by atoms with van der Waals surface area (Å²) < 4.78 is 13.2. The number of nitrogens with zero attached hydrogens (tertiary/aromatic N) is 2. The maximum Gasteiger partial charge on any atom is 0.0988 e. The van der Waals surface area contributed by atoms with Gasteiger partial charge in [-0.05, 0) is 12.8 Å². The fraction of sp³-hybridized carbons (Fsp3) is 0.750. The summed E-state index contributed by atoms with van der Waals surface area (Å²) in [6.45, 7) is 3.85. The van der Waals surface area contributed by atoms with Crippen LogP contribution in [0, 0.1) is 0 Å². The average molecular weight is 237 g/mol. The van der Waals surface area contributed by atoms with Crippen LogP contribution in [-0.4, -0.2) is 41.5 Å². The molecule has 0 spiro atoms. The van der Waals surface area contributed by atoms with Crippen LogP contribution in [0.1, 0.15) is 18.5 Å². The van der Waals surface area contributed by atoms with E-state index in [2.05, 4.69) is 14.9 Å². The molecule has 2 aliphatic rings. The first-order chi connectivity index (χ1) is 8.42. The zero-order chi connectivity index (χ0) is 11.5. The Kier molecular flexibility index (Phi) is 3.40. The number of hydrogen-bond donors (Lipinski definition) is 1. The number of nitrogens with one attached hydrogen (secondary N) is 1. The van der Waals surface area contributed by atoms with E-state index in [4.69, 9.17) is 9.47 Å². The summed E-state index contributed by atoms with van der Waals surface area (Å²) >= 11 is 0. The highest BCUT2D eigenvalue weighted by molar-refractivity contribution is 5.00. The second-order valence-corrected chi connectivity index (χ2v) is 4.76. The molecule has 0 amide bonds. The van der Waals surface area contributed by atoms with Crippen LogP contribution in [0.5, 0.6) is 0 Å². The molecule has 0 bridgehead atoms. The Hall–Kier alpha value is -0.910. The lowest BCUT2D eigenvalue weighted by molar-refractivity contribution is -0.0938. The minimum atomic E-state index is 0.164. The van der Waals surface area contributed by atoms with Gasteiger partial charge in [0, 0.05) is 18.8 Å². The molecule has 5 heteroatoms. The number of imidazole rings is 1. The molecule has 17 heavy (non-hydrogen) atoms. The van der Waals surface area contributed by atoms with Crippen LogP contribution >= 0.6 is 0 Å². The van der Waals surface area contributed by atoms with Crippen molar-refractivity contribution in [2.75, 3.05) is 19.8 Å². The standard InChI is InChI=1S/C12H19N3O2/c1-2-10(1)14-6-11-5-13-9-15(11)7-12-8-16-3-4-17-12/h5,9-10,12,14H,1-4,6-8H2. The van der Waals surface area contributed by atoms with Crippen molar-refractivity contribution in [1.82, 2.24) is 14.9 Å². The molecule has 0 aromatic carbocycles. The molecule has 1 aliphatic heterocycles. The Morgan fingerprint density at radius 3 is 3.12 bits per heavy atom. The molecule has 1 atom stereocenters. The monoisotopic (exact) mass is 237 g/mol. The first-order valence-electron chi connectivity index (χ1n) is 6.33. The van der Waals surface area contributed by atoms with Gasteiger partial charge in [0.25, 0.3) is 0 Å². The summed E-state index contributed by atoms with van der Waals surface area (Å²) in [5, 5.41) is 3.50. The molecule has 1 aromatic rings. The first-order valence-corrected chi connectivity index (χ1v) is 6.33. The molecule has 0 radical (unpaired) electrons. The third-order valence-corrected chi connectivity index (χ3v) is 3.23. The van der Waals surface area contributed by atoms with Gasteiger partial charge in [-0.2, -0.15) is 0 Å². The van der Waals surface area contributed by atoms with Crippen molar-refractivity contribution >= 4 is 0 Å². The smallest absolute Gasteiger partial charge is 0.0988 e. The second kappa shape index (κ2) is 5.16. The predicted octanol–water partition coefficient (Wildman–Crippen LogP) is 0.550. The third kappa shape index (κ3) is 3.06. The Balaban J connectivity index is 1.55. The van der Waals surface area contributed by atoms with Crippen molar-refractivity contribution in [3.63, 3.8) is 0 Å². The van der Waals surface area contributed by atoms with Crippen molar-refractivity contribution in [1.29, 1.82) is 0 Å². The highest BCUT2D eigenvalue weighted by Crippen LogP contribution is 2.19. The molecule has 1 saturated heterocycles. The first kappa shape index (κ1) is 11.2. The minimum absolute atomic E-state index is 0.164. The zero-order valence-electron chi connectivity index (χ0n) is 9.97. The van der Waals surface area contributed by atoms with E-state index >= 15 is 0 Å². The fourth-order valence-electron chi connectivity index (χ4n) is 2.06. The van der Waals surface area contributed by atoms with E-state index in [9.17, 15) is 0 Å². The molecule has 3 rings (SSSR count). The van der Waals surface area contributed by atoms with Gasteiger partial charge in [-0.15, -0.1) is 0 Å². The van der Waals surface area contributed by atoms with Gasteiger partial charge in [0.2, 0.25) is 0 Å². The number of aromatic nitrogens is 2. The quantitative estimate of drug-likeness (QED) is 0.812. The molecule has 2 heterocycles. The molecule has 1 saturated carbocycles. The summed E-state index contributed by atoms with van der Waals surface area (Å²) in [5.74, 6) is 0. The molecule has 2 fully saturated rings. The third-order valence-electron chi connectivity index (χ3n) is 3.23. The van der Waals surface area contributed by atoms with Crippen LogP contribution in [-0.2, 0) is 22.6 Å². The summed E-state index contributed by atoms with van der Waals surface area (Å²) in [6.07, 6.45) is 6.60. The average Bonchev–Trinajstić information content (AvgIpc) is 3.09. The largest absolute Gasteiger partial charge is 0.376 e. The van der Waals surface area contributed by atoms with Crippen molar-refractivity contribution in [3.05, 3.63) is 18.2 Å². The highest BCUT2D eigenvalue weighted by atomic mass is 16.6. The van der Waals surface area contributed by atoms with E-state index in [0.29, 0.717) is 13.2 Å². The molecule has 5 nitrogen and oxygen atoms in total. The van der Waals surface area contributed by atoms with Gasteiger partial charge < -0.3 is 19.4 Å². The lowest BCUT2D eigenvalue weighted by atomic mass is 10.3. The molecule has 1 unspecified atom stereocenters. The molecule has 1 aliphatic carbocycles. The van der Waals surface area contributed by atoms with Crippen LogP contribution in [0.3, 0.4) is 0 Å². The van der Waals surface area contributed by atoms with Gasteiger partial charge in [0.05, 0.1) is 44.5 Å². The Labute approximate surface area is 101 Å². The van der Waals surface area contributed by atoms with Crippen LogP contribution in [0.25, 0.3) is 0 Å². The van der Waals surface area contributed by atoms with Gasteiger partial charge in [-0.3, -0.25) is 0 Å². The van der Waals surface area contributed by atoms with Crippen molar-refractivity contribution < 1.29 is 9.47 Å². The van der Waals surface area contributed by atoms with Crippen LogP contribution in [0.15, 0.2) is 12.5 Å². The Morgan fingerprint density at radius 2 is 2.35 bits per heavy atom. The summed E-state index contributed by atoms with van der Waals surface area (Å²) in [5.41, 5.74) is 1.23. The summed E-state index contributed by atoms with van der Waals surface area (Å²) in [7, 11) is 0. The minimum Gasteiger partial charge on any atom is -0.376 e. The number of ether oxygens (including phenoxy) is 2. The van der Waals surface area contributed by atoms with E-state index in [1.165, 1.54) is 18.5 Å². The van der Waals surface area contributed by atoms with Gasteiger partial charge in [0.1, 0.15) is 0 Å². The lowest BCUT2D eigenvalue weighted by Gasteiger charge is -2.24. The molecular weight excluding hydrogens is 218 g/mol. The van der Waals surface area contributed by atoms with E-state index in [-0.39, 0.29) is 6.10 Å². The molecule has 94 valence electrons. The van der Waals surface area contributed by atoms with Gasteiger partial charge in [-0.1, -0.05) is 0 Å². The fourth-order valence-corrected chi connectivity index (χ4v) is 2.06. The lowest BCUT2D eigenvalue weighted by Crippen LogP contribution is -2.33. The maximum absolute atomic E-state index is 5.65. The summed E-state index contributed by atoms with van der Waals surface area (Å²) in [4.78, 5) is 4.21. The normalized spacial score (nSPS) is 25.1. The Bertz CT molecular complexity index is 356.